The molecule has 0 atom stereocenters. The Bertz CT molecular complexity index is 918. The maximum atomic E-state index is 13.9. The molecule has 1 N–H and O–H groups in total. The van der Waals surface area contributed by atoms with E-state index in [1.165, 1.54) is 0 Å². The van der Waals surface area contributed by atoms with Crippen LogP contribution in [0.25, 0.3) is 11.1 Å². The van der Waals surface area contributed by atoms with Crippen molar-refractivity contribution in [2.75, 3.05) is 26.2 Å². The van der Waals surface area contributed by atoms with Crippen LogP contribution in [0.3, 0.4) is 0 Å². The first-order chi connectivity index (χ1) is 13.4. The summed E-state index contributed by atoms with van der Waals surface area (Å²) in [5.41, 5.74) is -0.110. The van der Waals surface area contributed by atoms with Gasteiger partial charge in [-0.3, -0.25) is 9.59 Å². The minimum absolute atomic E-state index is 0.143. The molecule has 0 radical (unpaired) electrons. The molecular weight excluding hydrogens is 366 g/mol. The molecule has 2 aromatic rings. The zero-order valence-electron chi connectivity index (χ0n) is 15.2. The summed E-state index contributed by atoms with van der Waals surface area (Å²) in [5.74, 6) is -1.48. The van der Waals surface area contributed by atoms with Crippen molar-refractivity contribution in [2.24, 2.45) is 0 Å². The van der Waals surface area contributed by atoms with Gasteiger partial charge in [-0.1, -0.05) is 12.1 Å². The average Bonchev–Trinajstić information content (AvgIpc) is 3.47. The number of nitrogens with zero attached hydrogens (tertiary/aromatic N) is 2. The third-order valence-corrected chi connectivity index (χ3v) is 5.35. The first-order valence-electron chi connectivity index (χ1n) is 9.24. The van der Waals surface area contributed by atoms with Crippen molar-refractivity contribution in [2.45, 2.75) is 18.4 Å². The number of halogens is 2. The van der Waals surface area contributed by atoms with Crippen LogP contribution in [0.1, 0.15) is 23.2 Å². The van der Waals surface area contributed by atoms with E-state index in [1.807, 2.05) is 0 Å². The molecule has 0 spiro atoms. The highest BCUT2D eigenvalue weighted by atomic mass is 19.1. The first-order valence-corrected chi connectivity index (χ1v) is 9.24. The van der Waals surface area contributed by atoms with Gasteiger partial charge >= 0.3 is 0 Å². The van der Waals surface area contributed by atoms with Crippen LogP contribution in [-0.4, -0.2) is 58.5 Å². The molecule has 1 aliphatic carbocycles. The quantitative estimate of drug-likeness (QED) is 0.882. The molecule has 7 heteroatoms. The molecular formula is C21H20F2N2O3. The van der Waals surface area contributed by atoms with Crippen LogP contribution in [0.4, 0.5) is 8.78 Å². The number of amides is 2. The molecule has 1 heterocycles. The third kappa shape index (κ3) is 3.49. The number of benzene rings is 2. The van der Waals surface area contributed by atoms with Crippen molar-refractivity contribution >= 4 is 11.8 Å². The van der Waals surface area contributed by atoms with E-state index in [-0.39, 0.29) is 17.4 Å². The lowest BCUT2D eigenvalue weighted by Gasteiger charge is -2.35. The molecule has 5 nitrogen and oxygen atoms in total. The molecule has 28 heavy (non-hydrogen) atoms. The smallest absolute Gasteiger partial charge is 0.254 e. The van der Waals surface area contributed by atoms with E-state index in [0.29, 0.717) is 50.1 Å². The molecule has 2 amide bonds. The molecule has 1 saturated carbocycles. The molecule has 2 aromatic carbocycles. The van der Waals surface area contributed by atoms with Gasteiger partial charge < -0.3 is 14.9 Å². The second-order valence-electron chi connectivity index (χ2n) is 7.32. The minimum atomic E-state index is -1.19. The molecule has 0 aromatic heterocycles. The van der Waals surface area contributed by atoms with Crippen LogP contribution in [-0.2, 0) is 4.79 Å². The van der Waals surface area contributed by atoms with Gasteiger partial charge in [0.1, 0.15) is 17.2 Å². The van der Waals surface area contributed by atoms with E-state index in [2.05, 4.69) is 0 Å². The lowest BCUT2D eigenvalue weighted by Crippen LogP contribution is -2.53. The van der Waals surface area contributed by atoms with Crippen LogP contribution in [0.5, 0.6) is 0 Å². The van der Waals surface area contributed by atoms with Gasteiger partial charge in [0.15, 0.2) is 0 Å². The third-order valence-electron chi connectivity index (χ3n) is 5.35. The van der Waals surface area contributed by atoms with Gasteiger partial charge in [-0.25, -0.2) is 8.78 Å². The molecule has 1 saturated heterocycles. The van der Waals surface area contributed by atoms with Crippen molar-refractivity contribution in [3.8, 4) is 11.1 Å². The Morgan fingerprint density at radius 1 is 0.893 bits per heavy atom. The normalized spacial score (nSPS) is 18.1. The highest BCUT2D eigenvalue weighted by Crippen LogP contribution is 2.37. The highest BCUT2D eigenvalue weighted by Gasteiger charge is 2.50. The molecule has 4 rings (SSSR count). The number of carbonyl (C=O) groups excluding carboxylic acids is 2. The van der Waals surface area contributed by atoms with Gasteiger partial charge in [0, 0.05) is 37.3 Å². The van der Waals surface area contributed by atoms with E-state index < -0.39 is 17.2 Å². The zero-order valence-corrected chi connectivity index (χ0v) is 15.2. The lowest BCUT2D eigenvalue weighted by atomic mass is 10.0. The summed E-state index contributed by atoms with van der Waals surface area (Å²) in [5, 5.41) is 9.94. The topological polar surface area (TPSA) is 60.9 Å². The molecule has 0 unspecified atom stereocenters. The maximum absolute atomic E-state index is 13.9. The van der Waals surface area contributed by atoms with Crippen LogP contribution in [0.2, 0.25) is 0 Å². The second-order valence-corrected chi connectivity index (χ2v) is 7.32. The first kappa shape index (κ1) is 18.6. The molecule has 146 valence electrons. The van der Waals surface area contributed by atoms with Gasteiger partial charge in [0.25, 0.3) is 11.8 Å². The van der Waals surface area contributed by atoms with E-state index in [0.717, 1.165) is 18.2 Å². The van der Waals surface area contributed by atoms with E-state index in [4.69, 9.17) is 0 Å². The average molecular weight is 386 g/mol. The van der Waals surface area contributed by atoms with E-state index in [9.17, 15) is 23.5 Å². The van der Waals surface area contributed by atoms with Gasteiger partial charge in [0.2, 0.25) is 0 Å². The Hall–Kier alpha value is -2.80. The summed E-state index contributed by atoms with van der Waals surface area (Å²) in [6.07, 6.45) is 1.01. The van der Waals surface area contributed by atoms with Gasteiger partial charge in [0.05, 0.1) is 0 Å². The van der Waals surface area contributed by atoms with Crippen molar-refractivity contribution in [1.82, 2.24) is 9.80 Å². The number of hydrogen-bond acceptors (Lipinski definition) is 3. The number of aliphatic hydroxyl groups is 1. The monoisotopic (exact) mass is 386 g/mol. The van der Waals surface area contributed by atoms with Crippen LogP contribution < -0.4 is 0 Å². The molecule has 0 bridgehead atoms. The summed E-state index contributed by atoms with van der Waals surface area (Å²) >= 11 is 0. The summed E-state index contributed by atoms with van der Waals surface area (Å²) < 4.78 is 27.3. The van der Waals surface area contributed by atoms with Crippen LogP contribution >= 0.6 is 0 Å². The summed E-state index contributed by atoms with van der Waals surface area (Å²) in [7, 11) is 0. The Morgan fingerprint density at radius 2 is 1.50 bits per heavy atom. The number of carbonyl (C=O) groups is 2. The summed E-state index contributed by atoms with van der Waals surface area (Å²) in [4.78, 5) is 28.1. The van der Waals surface area contributed by atoms with Gasteiger partial charge in [-0.15, -0.1) is 0 Å². The zero-order chi connectivity index (χ0) is 19.9. The SMILES string of the molecule is O=C(c1ccc(-c2cc(F)ccc2F)cc1)N1CCN(C(=O)C2(O)CC2)CC1. The minimum Gasteiger partial charge on any atom is -0.380 e. The number of piperazine rings is 1. The predicted molar refractivity (Wildman–Crippen MR) is 98.5 cm³/mol. The van der Waals surface area contributed by atoms with E-state index in [1.54, 1.807) is 34.1 Å². The Balaban J connectivity index is 1.42. The standard InChI is InChI=1S/C21H20F2N2O3/c22-16-5-6-18(23)17(13-16)14-1-3-15(4-2-14)19(26)24-9-11-25(12-10-24)20(27)21(28)7-8-21/h1-6,13,28H,7-12H2. The van der Waals surface area contributed by atoms with E-state index >= 15 is 0 Å². The molecule has 2 fully saturated rings. The molecule has 1 aliphatic heterocycles. The largest absolute Gasteiger partial charge is 0.380 e. The fraction of sp³-hybridized carbons (Fsp3) is 0.333. The van der Waals surface area contributed by atoms with Gasteiger partial charge in [-0.2, -0.15) is 0 Å². The lowest BCUT2D eigenvalue weighted by molar-refractivity contribution is -0.143. The van der Waals surface area contributed by atoms with Crippen LogP contribution in [0.15, 0.2) is 42.5 Å². The van der Waals surface area contributed by atoms with Crippen molar-refractivity contribution in [3.05, 3.63) is 59.7 Å². The predicted octanol–water partition coefficient (Wildman–Crippen LogP) is 2.44. The number of rotatable bonds is 3. The Labute approximate surface area is 161 Å². The van der Waals surface area contributed by atoms with Crippen molar-refractivity contribution < 1.29 is 23.5 Å². The van der Waals surface area contributed by atoms with Crippen LogP contribution in [0, 0.1) is 11.6 Å². The summed E-state index contributed by atoms with van der Waals surface area (Å²) in [6, 6.07) is 9.61. The number of hydrogen-bond donors (Lipinski definition) is 1. The fourth-order valence-electron chi connectivity index (χ4n) is 3.43. The van der Waals surface area contributed by atoms with Gasteiger partial charge in [-0.05, 0) is 48.7 Å². The Kier molecular flexibility index (Phi) is 4.63. The Morgan fingerprint density at radius 3 is 2.11 bits per heavy atom. The van der Waals surface area contributed by atoms with Crippen molar-refractivity contribution in [3.63, 3.8) is 0 Å². The summed E-state index contributed by atoms with van der Waals surface area (Å²) in [6.45, 7) is 1.56. The van der Waals surface area contributed by atoms with Crippen molar-refractivity contribution in [1.29, 1.82) is 0 Å². The fourth-order valence-corrected chi connectivity index (χ4v) is 3.43. The molecule has 2 aliphatic rings. The maximum Gasteiger partial charge on any atom is 0.254 e. The second kappa shape index (κ2) is 6.98. The highest BCUT2D eigenvalue weighted by molar-refractivity contribution is 5.95.